The van der Waals surface area contributed by atoms with E-state index in [0.29, 0.717) is 22.7 Å². The number of carbonyl (C=O) groups excluding carboxylic acids is 2. The SMILES string of the molecule is CCN1CCc2c(sc(NC(=O)c3ccc(S(=O)(=O)N4CC5(C)CC4CC(C)(C)C5)cc3)c2C(=O)N(C)C)C1. The third kappa shape index (κ3) is 5.28. The molecule has 39 heavy (non-hydrogen) atoms. The van der Waals surface area contributed by atoms with E-state index < -0.39 is 10.0 Å². The molecule has 1 saturated carbocycles. The number of carbonyl (C=O) groups is 2. The third-order valence-electron chi connectivity index (χ3n) is 8.52. The van der Waals surface area contributed by atoms with Gasteiger partial charge in [0.1, 0.15) is 5.00 Å². The second-order valence-corrected chi connectivity index (χ2v) is 15.8. The van der Waals surface area contributed by atoms with Crippen molar-refractivity contribution in [3.63, 3.8) is 0 Å². The number of rotatable bonds is 6. The van der Waals surface area contributed by atoms with Crippen molar-refractivity contribution >= 4 is 38.2 Å². The first kappa shape index (κ1) is 28.3. The summed E-state index contributed by atoms with van der Waals surface area (Å²) in [4.78, 5) is 31.5. The normalized spacial score (nSPS) is 24.8. The van der Waals surface area contributed by atoms with Crippen LogP contribution in [0.5, 0.6) is 0 Å². The van der Waals surface area contributed by atoms with Gasteiger partial charge in [-0.05, 0) is 72.9 Å². The van der Waals surface area contributed by atoms with E-state index >= 15 is 0 Å². The van der Waals surface area contributed by atoms with Crippen LogP contribution in [0.15, 0.2) is 29.2 Å². The highest BCUT2D eigenvalue weighted by Gasteiger charge is 2.53. The molecule has 2 fully saturated rings. The van der Waals surface area contributed by atoms with E-state index in [0.717, 1.165) is 55.8 Å². The molecule has 8 nitrogen and oxygen atoms in total. The van der Waals surface area contributed by atoms with Crippen molar-refractivity contribution in [2.24, 2.45) is 10.8 Å². The highest BCUT2D eigenvalue weighted by molar-refractivity contribution is 7.89. The molecule has 1 aromatic heterocycles. The van der Waals surface area contributed by atoms with Gasteiger partial charge in [0.15, 0.2) is 0 Å². The van der Waals surface area contributed by atoms with E-state index in [-0.39, 0.29) is 33.6 Å². The Balaban J connectivity index is 1.37. The lowest BCUT2D eigenvalue weighted by atomic mass is 9.65. The molecular weight excluding hydrogens is 532 g/mol. The largest absolute Gasteiger partial charge is 0.345 e. The zero-order chi connectivity index (χ0) is 28.3. The van der Waals surface area contributed by atoms with Crippen molar-refractivity contribution in [3.05, 3.63) is 45.8 Å². The summed E-state index contributed by atoms with van der Waals surface area (Å²) in [6.45, 7) is 11.9. The Hall–Kier alpha value is -2.27. The van der Waals surface area contributed by atoms with Crippen LogP contribution in [0.25, 0.3) is 0 Å². The van der Waals surface area contributed by atoms with Gasteiger partial charge in [-0.25, -0.2) is 8.42 Å². The average Bonchev–Trinajstić information content (AvgIpc) is 3.35. The van der Waals surface area contributed by atoms with Gasteiger partial charge in [-0.1, -0.05) is 27.7 Å². The summed E-state index contributed by atoms with van der Waals surface area (Å²) in [5.41, 5.74) is 2.06. The Morgan fingerprint density at radius 1 is 1.13 bits per heavy atom. The molecular formula is C29H40N4O4S2. The first-order valence-electron chi connectivity index (χ1n) is 13.7. The Morgan fingerprint density at radius 2 is 1.82 bits per heavy atom. The van der Waals surface area contributed by atoms with Crippen molar-refractivity contribution in [1.82, 2.24) is 14.1 Å². The fourth-order valence-electron chi connectivity index (χ4n) is 7.04. The van der Waals surface area contributed by atoms with Crippen molar-refractivity contribution in [2.45, 2.75) is 70.9 Å². The number of anilines is 1. The van der Waals surface area contributed by atoms with Gasteiger partial charge < -0.3 is 10.2 Å². The number of likely N-dealkylation sites (N-methyl/N-ethyl adjacent to an activating group) is 1. The van der Waals surface area contributed by atoms with Crippen molar-refractivity contribution in [1.29, 1.82) is 0 Å². The number of hydrogen-bond acceptors (Lipinski definition) is 6. The lowest BCUT2D eigenvalue weighted by Gasteiger charge is -2.39. The van der Waals surface area contributed by atoms with Gasteiger partial charge in [-0.3, -0.25) is 14.5 Å². The number of nitrogens with zero attached hydrogens (tertiary/aromatic N) is 3. The monoisotopic (exact) mass is 572 g/mol. The zero-order valence-electron chi connectivity index (χ0n) is 23.8. The Labute approximate surface area is 236 Å². The van der Waals surface area contributed by atoms with Crippen LogP contribution in [0.2, 0.25) is 0 Å². The number of benzene rings is 1. The first-order valence-corrected chi connectivity index (χ1v) is 16.0. The summed E-state index contributed by atoms with van der Waals surface area (Å²) in [5, 5.41) is 3.52. The third-order valence-corrected chi connectivity index (χ3v) is 11.6. The molecule has 1 N–H and O–H groups in total. The van der Waals surface area contributed by atoms with Crippen LogP contribution in [0.3, 0.4) is 0 Å². The molecule has 0 radical (unpaired) electrons. The first-order chi connectivity index (χ1) is 18.2. The Bertz CT molecular complexity index is 1400. The molecule has 2 bridgehead atoms. The highest BCUT2D eigenvalue weighted by Crippen LogP contribution is 2.53. The average molecular weight is 573 g/mol. The molecule has 2 amide bonds. The van der Waals surface area contributed by atoms with Gasteiger partial charge in [0.05, 0.1) is 10.5 Å². The van der Waals surface area contributed by atoms with E-state index in [9.17, 15) is 18.0 Å². The minimum Gasteiger partial charge on any atom is -0.345 e. The van der Waals surface area contributed by atoms with Crippen LogP contribution >= 0.6 is 11.3 Å². The molecule has 5 rings (SSSR count). The minimum atomic E-state index is -3.67. The van der Waals surface area contributed by atoms with Gasteiger partial charge >= 0.3 is 0 Å². The maximum atomic E-state index is 13.6. The number of nitrogens with one attached hydrogen (secondary N) is 1. The van der Waals surface area contributed by atoms with Gasteiger partial charge in [-0.2, -0.15) is 4.31 Å². The molecule has 1 saturated heterocycles. The summed E-state index contributed by atoms with van der Waals surface area (Å²) in [6.07, 6.45) is 3.54. The maximum Gasteiger partial charge on any atom is 0.256 e. The molecule has 2 aliphatic heterocycles. The second kappa shape index (κ2) is 9.98. The molecule has 212 valence electrons. The highest BCUT2D eigenvalue weighted by atomic mass is 32.2. The summed E-state index contributed by atoms with van der Waals surface area (Å²) in [7, 11) is -0.239. The molecule has 1 aliphatic carbocycles. The number of hydrogen-bond donors (Lipinski definition) is 1. The zero-order valence-corrected chi connectivity index (χ0v) is 25.5. The van der Waals surface area contributed by atoms with Gasteiger partial charge in [0, 0.05) is 50.2 Å². The molecule has 2 aromatic rings. The fourth-order valence-corrected chi connectivity index (χ4v) is 10.1. The van der Waals surface area contributed by atoms with Crippen LogP contribution in [0, 0.1) is 10.8 Å². The summed E-state index contributed by atoms with van der Waals surface area (Å²) in [5.74, 6) is -0.481. The smallest absolute Gasteiger partial charge is 0.256 e. The lowest BCUT2D eigenvalue weighted by molar-refractivity contribution is 0.0827. The minimum absolute atomic E-state index is 0.00492. The Kier molecular flexibility index (Phi) is 7.23. The topological polar surface area (TPSA) is 90.0 Å². The molecule has 1 aromatic carbocycles. The maximum absolute atomic E-state index is 13.6. The summed E-state index contributed by atoms with van der Waals surface area (Å²) in [6, 6.07) is 6.20. The standard InChI is InChI=1S/C29H40N4O4S2/c1-7-32-13-12-22-23(16-32)38-26(24(22)27(35)31(5)6)30-25(34)19-8-10-21(11-9-19)39(36,37)33-18-29(4)15-20(33)14-28(2,3)17-29/h8-11,20H,7,12-18H2,1-6H3,(H,30,34). The molecule has 10 heteroatoms. The van der Waals surface area contributed by atoms with Crippen LogP contribution in [-0.2, 0) is 23.0 Å². The van der Waals surface area contributed by atoms with Gasteiger partial charge in [0.25, 0.3) is 11.8 Å². The molecule has 0 spiro atoms. The van der Waals surface area contributed by atoms with Crippen LogP contribution in [0.4, 0.5) is 5.00 Å². The predicted molar refractivity (Wildman–Crippen MR) is 155 cm³/mol. The molecule has 3 heterocycles. The number of sulfonamides is 1. The molecule has 2 unspecified atom stereocenters. The van der Waals surface area contributed by atoms with Crippen molar-refractivity contribution < 1.29 is 18.0 Å². The van der Waals surface area contributed by atoms with E-state index in [1.165, 1.54) is 23.5 Å². The quantitative estimate of drug-likeness (QED) is 0.544. The van der Waals surface area contributed by atoms with Gasteiger partial charge in [0.2, 0.25) is 10.0 Å². The van der Waals surface area contributed by atoms with Crippen LogP contribution in [-0.4, -0.2) is 74.1 Å². The summed E-state index contributed by atoms with van der Waals surface area (Å²) >= 11 is 1.46. The van der Waals surface area contributed by atoms with E-state index in [1.807, 2.05) is 0 Å². The number of fused-ring (bicyclic) bond motifs is 3. The number of thiophene rings is 1. The molecule has 2 atom stereocenters. The van der Waals surface area contributed by atoms with E-state index in [2.05, 4.69) is 37.9 Å². The van der Waals surface area contributed by atoms with Crippen LogP contribution in [0.1, 0.15) is 78.1 Å². The lowest BCUT2D eigenvalue weighted by Crippen LogP contribution is -2.37. The van der Waals surface area contributed by atoms with E-state index in [4.69, 9.17) is 0 Å². The Morgan fingerprint density at radius 3 is 2.46 bits per heavy atom. The van der Waals surface area contributed by atoms with Gasteiger partial charge in [-0.15, -0.1) is 11.3 Å². The van der Waals surface area contributed by atoms with E-state index in [1.54, 1.807) is 35.4 Å². The summed E-state index contributed by atoms with van der Waals surface area (Å²) < 4.78 is 28.9. The molecule has 3 aliphatic rings. The second-order valence-electron chi connectivity index (χ2n) is 12.8. The number of amides is 2. The van der Waals surface area contributed by atoms with Crippen molar-refractivity contribution in [2.75, 3.05) is 39.0 Å². The fraction of sp³-hybridized carbons (Fsp3) is 0.586. The van der Waals surface area contributed by atoms with Crippen molar-refractivity contribution in [3.8, 4) is 0 Å². The predicted octanol–water partition coefficient (Wildman–Crippen LogP) is 4.67. The van der Waals surface area contributed by atoms with Crippen LogP contribution < -0.4 is 5.32 Å².